The number of nitrogens with one attached hydrogen (secondary N) is 1. The van der Waals surface area contributed by atoms with Gasteiger partial charge in [0.1, 0.15) is 5.82 Å². The molecule has 0 spiro atoms. The van der Waals surface area contributed by atoms with E-state index >= 15 is 0 Å². The lowest BCUT2D eigenvalue weighted by Gasteiger charge is -2.17. The second-order valence-corrected chi connectivity index (χ2v) is 5.44. The molecule has 1 nitrogen and oxygen atoms in total. The van der Waals surface area contributed by atoms with E-state index < -0.39 is 0 Å². The van der Waals surface area contributed by atoms with E-state index in [1.807, 2.05) is 12.1 Å². The Morgan fingerprint density at radius 1 is 1.21 bits per heavy atom. The zero-order chi connectivity index (χ0) is 13.8. The lowest BCUT2D eigenvalue weighted by atomic mass is 10.1. The molecule has 0 bridgehead atoms. The Kier molecular flexibility index (Phi) is 4.59. The molecule has 1 N–H and O–H groups in total. The largest absolute Gasteiger partial charge is 0.378 e. The van der Waals surface area contributed by atoms with Crippen LogP contribution < -0.4 is 5.32 Å². The minimum absolute atomic E-state index is 0.113. The van der Waals surface area contributed by atoms with Crippen LogP contribution in [0.4, 0.5) is 10.1 Å². The molecular weight excluding hydrogens is 305 g/mol. The van der Waals surface area contributed by atoms with Crippen LogP contribution in [0.3, 0.4) is 0 Å². The number of anilines is 1. The molecule has 0 aliphatic carbocycles. The van der Waals surface area contributed by atoms with E-state index in [0.29, 0.717) is 0 Å². The summed E-state index contributed by atoms with van der Waals surface area (Å²) in [4.78, 5) is 0. The smallest absolute Gasteiger partial charge is 0.124 e. The molecule has 0 aliphatic heterocycles. The van der Waals surface area contributed by atoms with Gasteiger partial charge in [-0.25, -0.2) is 4.39 Å². The minimum Gasteiger partial charge on any atom is -0.378 e. The van der Waals surface area contributed by atoms with Crippen molar-refractivity contribution in [2.75, 3.05) is 5.32 Å². The highest BCUT2D eigenvalue weighted by Crippen LogP contribution is 2.27. The summed E-state index contributed by atoms with van der Waals surface area (Å²) in [5.41, 5.74) is 3.43. The molecule has 3 heteroatoms. The molecule has 1 unspecified atom stereocenters. The Bertz CT molecular complexity index is 568. The molecule has 19 heavy (non-hydrogen) atoms. The third-order valence-corrected chi connectivity index (χ3v) is 3.83. The van der Waals surface area contributed by atoms with Gasteiger partial charge in [0.15, 0.2) is 0 Å². The fourth-order valence-corrected chi connectivity index (χ4v) is 2.76. The molecule has 0 saturated carbocycles. The molecule has 0 saturated heterocycles. The maximum Gasteiger partial charge on any atom is 0.124 e. The molecule has 0 amide bonds. The summed E-state index contributed by atoms with van der Waals surface area (Å²) >= 11 is 3.41. The van der Waals surface area contributed by atoms with E-state index in [1.54, 1.807) is 6.07 Å². The van der Waals surface area contributed by atoms with Gasteiger partial charge in [-0.3, -0.25) is 0 Å². The van der Waals surface area contributed by atoms with Gasteiger partial charge in [0.05, 0.1) is 0 Å². The van der Waals surface area contributed by atoms with Crippen molar-refractivity contribution in [2.24, 2.45) is 0 Å². The quantitative estimate of drug-likeness (QED) is 0.803. The normalized spacial score (nSPS) is 12.2. The molecule has 100 valence electrons. The van der Waals surface area contributed by atoms with Gasteiger partial charge in [-0.05, 0) is 48.7 Å². The monoisotopic (exact) mass is 321 g/mol. The van der Waals surface area contributed by atoms with Crippen molar-refractivity contribution >= 4 is 21.6 Å². The molecule has 2 rings (SSSR count). The Hall–Kier alpha value is -1.35. The minimum atomic E-state index is -0.226. The standard InChI is InChI=1S/C16H17BrFN/c1-3-12-5-4-6-14(9-12)19-11(2)15-8-7-13(18)10-16(15)17/h4-11,19H,3H2,1-2H3. The summed E-state index contributed by atoms with van der Waals surface area (Å²) in [6.45, 7) is 4.20. The molecule has 2 aromatic rings. The van der Waals surface area contributed by atoms with Crippen LogP contribution in [0.5, 0.6) is 0 Å². The molecule has 0 aromatic heterocycles. The Balaban J connectivity index is 2.17. The molecule has 1 atom stereocenters. The van der Waals surface area contributed by atoms with Crippen LogP contribution in [0, 0.1) is 5.82 Å². The first-order valence-electron chi connectivity index (χ1n) is 6.40. The van der Waals surface area contributed by atoms with Crippen LogP contribution in [0.25, 0.3) is 0 Å². The van der Waals surface area contributed by atoms with E-state index in [-0.39, 0.29) is 11.9 Å². The lowest BCUT2D eigenvalue weighted by Crippen LogP contribution is -2.07. The van der Waals surface area contributed by atoms with Crippen molar-refractivity contribution in [2.45, 2.75) is 26.3 Å². The van der Waals surface area contributed by atoms with Gasteiger partial charge in [-0.1, -0.05) is 41.1 Å². The molecule has 0 radical (unpaired) electrons. The Labute approximate surface area is 122 Å². The topological polar surface area (TPSA) is 12.0 Å². The Morgan fingerprint density at radius 2 is 2.00 bits per heavy atom. The molecule has 2 aromatic carbocycles. The first-order chi connectivity index (χ1) is 9.10. The lowest BCUT2D eigenvalue weighted by molar-refractivity contribution is 0.625. The van der Waals surface area contributed by atoms with Crippen LogP contribution in [0.1, 0.15) is 31.0 Å². The summed E-state index contributed by atoms with van der Waals surface area (Å²) < 4.78 is 13.9. The van der Waals surface area contributed by atoms with Crippen LogP contribution in [0.2, 0.25) is 0 Å². The predicted octanol–water partition coefficient (Wildman–Crippen LogP) is 5.32. The third kappa shape index (κ3) is 3.57. The van der Waals surface area contributed by atoms with E-state index in [1.165, 1.54) is 17.7 Å². The zero-order valence-electron chi connectivity index (χ0n) is 11.1. The highest BCUT2D eigenvalue weighted by Gasteiger charge is 2.10. The van der Waals surface area contributed by atoms with Crippen molar-refractivity contribution in [3.8, 4) is 0 Å². The third-order valence-electron chi connectivity index (χ3n) is 3.15. The highest BCUT2D eigenvalue weighted by molar-refractivity contribution is 9.10. The number of hydrogen-bond donors (Lipinski definition) is 1. The average molecular weight is 322 g/mol. The molecule has 0 heterocycles. The number of benzene rings is 2. The van der Waals surface area contributed by atoms with Crippen molar-refractivity contribution in [1.82, 2.24) is 0 Å². The first kappa shape index (κ1) is 14.1. The van der Waals surface area contributed by atoms with Crippen molar-refractivity contribution in [3.63, 3.8) is 0 Å². The van der Waals surface area contributed by atoms with Crippen LogP contribution in [-0.4, -0.2) is 0 Å². The summed E-state index contributed by atoms with van der Waals surface area (Å²) in [5.74, 6) is -0.226. The van der Waals surface area contributed by atoms with Crippen LogP contribution in [-0.2, 0) is 6.42 Å². The highest BCUT2D eigenvalue weighted by atomic mass is 79.9. The second-order valence-electron chi connectivity index (χ2n) is 4.59. The maximum atomic E-state index is 13.1. The fraction of sp³-hybridized carbons (Fsp3) is 0.250. The van der Waals surface area contributed by atoms with E-state index in [4.69, 9.17) is 0 Å². The van der Waals surface area contributed by atoms with Gasteiger partial charge < -0.3 is 5.32 Å². The number of hydrogen-bond acceptors (Lipinski definition) is 1. The first-order valence-corrected chi connectivity index (χ1v) is 7.20. The van der Waals surface area contributed by atoms with E-state index in [2.05, 4.69) is 47.2 Å². The Morgan fingerprint density at radius 3 is 2.68 bits per heavy atom. The van der Waals surface area contributed by atoms with E-state index in [0.717, 1.165) is 22.1 Å². The molecule has 0 fully saturated rings. The van der Waals surface area contributed by atoms with Crippen LogP contribution >= 0.6 is 15.9 Å². The number of aryl methyl sites for hydroxylation is 1. The van der Waals surface area contributed by atoms with Crippen molar-refractivity contribution < 1.29 is 4.39 Å². The van der Waals surface area contributed by atoms with Gasteiger partial charge in [0.2, 0.25) is 0 Å². The van der Waals surface area contributed by atoms with Gasteiger partial charge in [0, 0.05) is 16.2 Å². The van der Waals surface area contributed by atoms with Gasteiger partial charge in [-0.2, -0.15) is 0 Å². The fourth-order valence-electron chi connectivity index (χ4n) is 2.06. The zero-order valence-corrected chi connectivity index (χ0v) is 12.7. The van der Waals surface area contributed by atoms with Crippen molar-refractivity contribution in [3.05, 3.63) is 63.9 Å². The summed E-state index contributed by atoms with van der Waals surface area (Å²) in [5, 5.41) is 3.44. The summed E-state index contributed by atoms with van der Waals surface area (Å²) in [7, 11) is 0. The SMILES string of the molecule is CCc1cccc(NC(C)c2ccc(F)cc2Br)c1. The number of rotatable bonds is 4. The molecule has 0 aliphatic rings. The van der Waals surface area contributed by atoms with Gasteiger partial charge in [0.25, 0.3) is 0 Å². The summed E-state index contributed by atoms with van der Waals surface area (Å²) in [6, 6.07) is 13.3. The molecular formula is C16H17BrFN. The van der Waals surface area contributed by atoms with Gasteiger partial charge in [-0.15, -0.1) is 0 Å². The van der Waals surface area contributed by atoms with Gasteiger partial charge >= 0.3 is 0 Å². The van der Waals surface area contributed by atoms with E-state index in [9.17, 15) is 4.39 Å². The average Bonchev–Trinajstić information content (AvgIpc) is 2.38. The predicted molar refractivity (Wildman–Crippen MR) is 82.0 cm³/mol. The number of halogens is 2. The van der Waals surface area contributed by atoms with Crippen LogP contribution in [0.15, 0.2) is 46.9 Å². The maximum absolute atomic E-state index is 13.1. The second kappa shape index (κ2) is 6.20. The van der Waals surface area contributed by atoms with Crippen molar-refractivity contribution in [1.29, 1.82) is 0 Å². The summed E-state index contributed by atoms with van der Waals surface area (Å²) in [6.07, 6.45) is 1.02.